The lowest BCUT2D eigenvalue weighted by atomic mass is 9.81. The number of primary amides is 1. The van der Waals surface area contributed by atoms with Crippen molar-refractivity contribution in [3.63, 3.8) is 0 Å². The van der Waals surface area contributed by atoms with Crippen molar-refractivity contribution >= 4 is 34.5 Å². The van der Waals surface area contributed by atoms with Crippen LogP contribution in [-0.2, 0) is 16.0 Å². The maximum Gasteiger partial charge on any atom is 0.323 e. The predicted molar refractivity (Wildman–Crippen MR) is 170 cm³/mol. The van der Waals surface area contributed by atoms with E-state index in [4.69, 9.17) is 11.5 Å². The number of piperazine rings is 1. The third kappa shape index (κ3) is 6.36. The summed E-state index contributed by atoms with van der Waals surface area (Å²) >= 11 is 0. The molecule has 1 saturated heterocycles. The molecular weight excluding hydrogens is 558 g/mol. The normalized spacial score (nSPS) is 19.5. The number of amides is 2. The average Bonchev–Trinajstić information content (AvgIpc) is 3.44. The third-order valence-electron chi connectivity index (χ3n) is 8.91. The molecule has 44 heavy (non-hydrogen) atoms. The van der Waals surface area contributed by atoms with Gasteiger partial charge in [-0.3, -0.25) is 14.5 Å². The van der Waals surface area contributed by atoms with Gasteiger partial charge in [-0.2, -0.15) is 0 Å². The fraction of sp³-hybridized carbons (Fsp3) is 0.406. The summed E-state index contributed by atoms with van der Waals surface area (Å²) in [5.74, 6) is 0.104. The summed E-state index contributed by atoms with van der Waals surface area (Å²) in [5.41, 5.74) is 15.9. The highest BCUT2D eigenvalue weighted by molar-refractivity contribution is 6.02. The van der Waals surface area contributed by atoms with Crippen LogP contribution in [0.4, 0.5) is 11.6 Å². The molecule has 1 saturated carbocycles. The molecule has 2 aliphatic rings. The van der Waals surface area contributed by atoms with Gasteiger partial charge < -0.3 is 31.7 Å². The molecule has 2 fully saturated rings. The molecule has 12 nitrogen and oxygen atoms in total. The number of benzene rings is 2. The van der Waals surface area contributed by atoms with Crippen molar-refractivity contribution in [2.75, 3.05) is 42.5 Å². The molecule has 1 aliphatic heterocycles. The fourth-order valence-corrected chi connectivity index (χ4v) is 6.39. The summed E-state index contributed by atoms with van der Waals surface area (Å²) in [4.78, 5) is 57.7. The number of nitrogens with one attached hydrogen (secondary N) is 3. The van der Waals surface area contributed by atoms with Crippen LogP contribution in [0, 0.1) is 11.8 Å². The molecule has 6 rings (SSSR count). The Kier molecular flexibility index (Phi) is 8.71. The van der Waals surface area contributed by atoms with E-state index in [0.717, 1.165) is 55.7 Å². The summed E-state index contributed by atoms with van der Waals surface area (Å²) in [6.45, 7) is 4.13. The molecule has 12 heteroatoms. The van der Waals surface area contributed by atoms with Crippen LogP contribution in [0.3, 0.4) is 0 Å². The number of hydrogen-bond acceptors (Lipinski definition) is 8. The van der Waals surface area contributed by atoms with Gasteiger partial charge in [-0.25, -0.2) is 14.8 Å². The maximum atomic E-state index is 14.2. The molecule has 7 N–H and O–H groups in total. The molecular formula is C32H39N9O3. The molecule has 0 bridgehead atoms. The number of carbonyl (C=O) groups is 2. The van der Waals surface area contributed by atoms with E-state index in [1.807, 2.05) is 36.7 Å². The zero-order valence-corrected chi connectivity index (χ0v) is 24.7. The predicted octanol–water partition coefficient (Wildman–Crippen LogP) is 1.92. The van der Waals surface area contributed by atoms with Gasteiger partial charge in [0.15, 0.2) is 0 Å². The van der Waals surface area contributed by atoms with Crippen LogP contribution in [0.5, 0.6) is 0 Å². The molecule has 1 atom stereocenters. The Hall–Kier alpha value is -4.55. The number of rotatable bonds is 9. The number of fused-ring (bicyclic) bond motifs is 1. The molecule has 1 aliphatic carbocycles. The molecule has 2 aromatic heterocycles. The van der Waals surface area contributed by atoms with Gasteiger partial charge in [0.2, 0.25) is 17.8 Å². The van der Waals surface area contributed by atoms with Crippen molar-refractivity contribution in [3.8, 4) is 11.1 Å². The smallest absolute Gasteiger partial charge is 0.323 e. The Morgan fingerprint density at radius 2 is 1.68 bits per heavy atom. The minimum atomic E-state index is -0.945. The maximum absolute atomic E-state index is 14.2. The van der Waals surface area contributed by atoms with Crippen molar-refractivity contribution in [2.24, 2.45) is 23.3 Å². The summed E-state index contributed by atoms with van der Waals surface area (Å²) in [6, 6.07) is 12.1. The second-order valence-corrected chi connectivity index (χ2v) is 11.8. The van der Waals surface area contributed by atoms with Crippen LogP contribution in [0.25, 0.3) is 22.2 Å². The van der Waals surface area contributed by atoms with E-state index in [2.05, 4.69) is 30.2 Å². The van der Waals surface area contributed by atoms with Crippen LogP contribution in [-0.4, -0.2) is 70.5 Å². The number of aromatic amines is 2. The van der Waals surface area contributed by atoms with Crippen LogP contribution < -0.4 is 32.3 Å². The first kappa shape index (κ1) is 29.5. The zero-order chi connectivity index (χ0) is 30.6. The van der Waals surface area contributed by atoms with Crippen LogP contribution in [0.1, 0.15) is 31.2 Å². The topological polar surface area (TPSA) is 179 Å². The Morgan fingerprint density at radius 1 is 0.955 bits per heavy atom. The first-order valence-corrected chi connectivity index (χ1v) is 15.3. The highest BCUT2D eigenvalue weighted by Crippen LogP contribution is 2.33. The average molecular weight is 598 g/mol. The summed E-state index contributed by atoms with van der Waals surface area (Å²) in [7, 11) is 0. The van der Waals surface area contributed by atoms with E-state index < -0.39 is 11.9 Å². The van der Waals surface area contributed by atoms with Crippen molar-refractivity contribution in [1.82, 2.24) is 25.3 Å². The van der Waals surface area contributed by atoms with Gasteiger partial charge in [-0.15, -0.1) is 0 Å². The van der Waals surface area contributed by atoms with E-state index in [-0.39, 0.29) is 23.9 Å². The largest absolute Gasteiger partial charge is 0.368 e. The SMILES string of the molecule is NCC1CCC(C(=O)N(c2ccc3[nH]c(=O)[nH]c3c2)[C@@H](Cc2cccc(-c3cnc(N4CCNCC4)nc3)c2)C(N)=O)CC1. The van der Waals surface area contributed by atoms with Gasteiger partial charge in [-0.05, 0) is 67.5 Å². The van der Waals surface area contributed by atoms with Gasteiger partial charge in [0.25, 0.3) is 0 Å². The van der Waals surface area contributed by atoms with Crippen LogP contribution in [0.2, 0.25) is 0 Å². The number of hydrogen-bond donors (Lipinski definition) is 5. The lowest BCUT2D eigenvalue weighted by molar-refractivity contribution is -0.127. The lowest BCUT2D eigenvalue weighted by Crippen LogP contribution is -2.52. The molecule has 3 heterocycles. The second-order valence-electron chi connectivity index (χ2n) is 11.8. The summed E-state index contributed by atoms with van der Waals surface area (Å²) < 4.78 is 0. The van der Waals surface area contributed by atoms with Crippen molar-refractivity contribution in [3.05, 3.63) is 70.9 Å². The van der Waals surface area contributed by atoms with Crippen LogP contribution in [0.15, 0.2) is 59.7 Å². The van der Waals surface area contributed by atoms with Crippen molar-refractivity contribution < 1.29 is 9.59 Å². The Morgan fingerprint density at radius 3 is 2.39 bits per heavy atom. The van der Waals surface area contributed by atoms with E-state index in [1.165, 1.54) is 0 Å². The van der Waals surface area contributed by atoms with E-state index in [0.29, 0.717) is 48.0 Å². The number of aromatic nitrogens is 4. The van der Waals surface area contributed by atoms with E-state index >= 15 is 0 Å². The fourth-order valence-electron chi connectivity index (χ4n) is 6.39. The Balaban J connectivity index is 1.29. The lowest BCUT2D eigenvalue weighted by Gasteiger charge is -2.35. The minimum absolute atomic E-state index is 0.144. The Labute approximate surface area is 255 Å². The monoisotopic (exact) mass is 597 g/mol. The minimum Gasteiger partial charge on any atom is -0.368 e. The summed E-state index contributed by atoms with van der Waals surface area (Å²) in [6.07, 6.45) is 6.98. The number of nitrogens with two attached hydrogens (primary N) is 2. The van der Waals surface area contributed by atoms with Gasteiger partial charge in [0, 0.05) is 62.2 Å². The number of carbonyl (C=O) groups excluding carboxylic acids is 2. The second kappa shape index (κ2) is 13.0. The molecule has 230 valence electrons. The van der Waals surface area contributed by atoms with Crippen molar-refractivity contribution in [2.45, 2.75) is 38.1 Å². The highest BCUT2D eigenvalue weighted by Gasteiger charge is 2.36. The molecule has 0 radical (unpaired) electrons. The number of nitrogens with zero attached hydrogens (tertiary/aromatic N) is 4. The first-order valence-electron chi connectivity index (χ1n) is 15.3. The van der Waals surface area contributed by atoms with E-state index in [1.54, 1.807) is 23.1 Å². The van der Waals surface area contributed by atoms with Gasteiger partial charge in [-0.1, -0.05) is 24.3 Å². The molecule has 0 unspecified atom stereocenters. The zero-order valence-electron chi connectivity index (χ0n) is 24.7. The van der Waals surface area contributed by atoms with Gasteiger partial charge in [0.05, 0.1) is 11.0 Å². The van der Waals surface area contributed by atoms with Crippen molar-refractivity contribution in [1.29, 1.82) is 0 Å². The molecule has 2 aromatic carbocycles. The molecule has 0 spiro atoms. The van der Waals surface area contributed by atoms with Gasteiger partial charge in [0.1, 0.15) is 6.04 Å². The first-order chi connectivity index (χ1) is 21.4. The quantitative estimate of drug-likeness (QED) is 0.194. The van der Waals surface area contributed by atoms with Gasteiger partial charge >= 0.3 is 5.69 Å². The Bertz CT molecular complexity index is 1670. The number of anilines is 2. The standard InChI is InChI=1S/C32H39N9O3/c33-17-20-4-6-22(7-5-20)30(43)41(25-8-9-26-27(16-25)39-32(44)38-26)28(29(34)42)15-21-2-1-3-23(14-21)24-18-36-31(37-19-24)40-12-10-35-11-13-40/h1-3,8-9,14,16,18-20,22,28,35H,4-7,10-13,15,17,33H2,(H2,34,42)(H2,38,39,44)/t20?,22?,28-/m0/s1. The van der Waals surface area contributed by atoms with Crippen LogP contribution >= 0.6 is 0 Å². The molecule has 2 amide bonds. The number of H-pyrrole nitrogens is 2. The molecule has 4 aromatic rings. The number of imidazole rings is 1. The highest BCUT2D eigenvalue weighted by atomic mass is 16.2. The summed E-state index contributed by atoms with van der Waals surface area (Å²) in [5, 5.41) is 3.33. The third-order valence-corrected chi connectivity index (χ3v) is 8.91. The van der Waals surface area contributed by atoms with E-state index in [9.17, 15) is 14.4 Å².